The molecule has 1 aliphatic heterocycles. The summed E-state index contributed by atoms with van der Waals surface area (Å²) in [4.78, 5) is 14.9. The van der Waals surface area contributed by atoms with Crippen LogP contribution in [0.3, 0.4) is 0 Å². The van der Waals surface area contributed by atoms with E-state index in [4.69, 9.17) is 17.3 Å². The summed E-state index contributed by atoms with van der Waals surface area (Å²) in [5.41, 5.74) is 6.55. The predicted octanol–water partition coefficient (Wildman–Crippen LogP) is 1.84. The zero-order valence-corrected chi connectivity index (χ0v) is 12.3. The van der Waals surface area contributed by atoms with E-state index >= 15 is 0 Å². The molecule has 2 rings (SSSR count). The van der Waals surface area contributed by atoms with Crippen LogP contribution in [-0.2, 0) is 4.79 Å². The van der Waals surface area contributed by atoms with E-state index < -0.39 is 0 Å². The number of piperazine rings is 1. The van der Waals surface area contributed by atoms with Gasteiger partial charge in [0.25, 0.3) is 0 Å². The van der Waals surface area contributed by atoms with Gasteiger partial charge in [-0.05, 0) is 18.2 Å². The van der Waals surface area contributed by atoms with Crippen LogP contribution >= 0.6 is 23.4 Å². The normalized spacial score (nSPS) is 15.5. The Hall–Kier alpha value is -0.910. The highest BCUT2D eigenvalue weighted by Gasteiger charge is 2.15. The Balaban J connectivity index is 1.78. The molecule has 6 heteroatoms. The maximum Gasteiger partial charge on any atom is 0.223 e. The molecule has 0 radical (unpaired) electrons. The molecule has 1 aliphatic rings. The van der Waals surface area contributed by atoms with Crippen molar-refractivity contribution in [1.82, 2.24) is 10.2 Å². The van der Waals surface area contributed by atoms with Gasteiger partial charge in [0.15, 0.2) is 0 Å². The lowest BCUT2D eigenvalue weighted by molar-refractivity contribution is -0.131. The van der Waals surface area contributed by atoms with Gasteiger partial charge < -0.3 is 16.0 Å². The molecule has 0 unspecified atom stereocenters. The van der Waals surface area contributed by atoms with Crippen molar-refractivity contribution in [3.63, 3.8) is 0 Å². The van der Waals surface area contributed by atoms with Crippen molar-refractivity contribution in [2.75, 3.05) is 37.7 Å². The molecule has 1 aromatic rings. The zero-order chi connectivity index (χ0) is 13.7. The highest BCUT2D eigenvalue weighted by atomic mass is 35.5. The fourth-order valence-electron chi connectivity index (χ4n) is 1.97. The third-order valence-corrected chi connectivity index (χ3v) is 4.34. The van der Waals surface area contributed by atoms with Crippen LogP contribution in [-0.4, -0.2) is 42.7 Å². The fraction of sp³-hybridized carbons (Fsp3) is 0.462. The van der Waals surface area contributed by atoms with E-state index in [0.29, 0.717) is 17.1 Å². The molecule has 1 heterocycles. The monoisotopic (exact) mass is 299 g/mol. The summed E-state index contributed by atoms with van der Waals surface area (Å²) in [6.45, 7) is 3.41. The third kappa shape index (κ3) is 4.30. The van der Waals surface area contributed by atoms with Crippen molar-refractivity contribution in [2.24, 2.45) is 0 Å². The number of hydrogen-bond donors (Lipinski definition) is 2. The third-order valence-electron chi connectivity index (χ3n) is 3.02. The summed E-state index contributed by atoms with van der Waals surface area (Å²) in [6.07, 6.45) is 0.548. The van der Waals surface area contributed by atoms with Crippen LogP contribution < -0.4 is 11.1 Å². The molecule has 19 heavy (non-hydrogen) atoms. The molecule has 1 fully saturated rings. The lowest BCUT2D eigenvalue weighted by Gasteiger charge is -2.27. The topological polar surface area (TPSA) is 58.4 Å². The second-order valence-electron chi connectivity index (χ2n) is 4.41. The Labute approximate surface area is 122 Å². The van der Waals surface area contributed by atoms with Crippen molar-refractivity contribution in [1.29, 1.82) is 0 Å². The molecule has 1 aromatic carbocycles. The summed E-state index contributed by atoms with van der Waals surface area (Å²) in [5.74, 6) is 0.968. The summed E-state index contributed by atoms with van der Waals surface area (Å²) >= 11 is 7.45. The first-order chi connectivity index (χ1) is 9.16. The number of rotatable bonds is 4. The molecular weight excluding hydrogens is 282 g/mol. The first-order valence-corrected chi connectivity index (χ1v) is 7.69. The highest BCUT2D eigenvalue weighted by molar-refractivity contribution is 7.99. The fourth-order valence-corrected chi connectivity index (χ4v) is 3.04. The van der Waals surface area contributed by atoms with E-state index in [1.807, 2.05) is 17.0 Å². The average molecular weight is 300 g/mol. The van der Waals surface area contributed by atoms with Gasteiger partial charge in [-0.1, -0.05) is 11.6 Å². The number of nitrogen functional groups attached to an aromatic ring is 1. The molecule has 0 bridgehead atoms. The maximum absolute atomic E-state index is 12.0. The largest absolute Gasteiger partial charge is 0.398 e. The number of amides is 1. The molecule has 3 N–H and O–H groups in total. The lowest BCUT2D eigenvalue weighted by atomic mass is 10.3. The van der Waals surface area contributed by atoms with Crippen LogP contribution in [0.5, 0.6) is 0 Å². The number of hydrogen-bond acceptors (Lipinski definition) is 4. The smallest absolute Gasteiger partial charge is 0.223 e. The van der Waals surface area contributed by atoms with Crippen molar-refractivity contribution < 1.29 is 4.79 Å². The van der Waals surface area contributed by atoms with Crippen LogP contribution in [0.4, 0.5) is 5.69 Å². The van der Waals surface area contributed by atoms with E-state index in [1.165, 1.54) is 0 Å². The van der Waals surface area contributed by atoms with E-state index in [1.54, 1.807) is 17.8 Å². The van der Waals surface area contributed by atoms with Gasteiger partial charge in [-0.2, -0.15) is 0 Å². The number of carbonyl (C=O) groups excluding carboxylic acids is 1. The highest BCUT2D eigenvalue weighted by Crippen LogP contribution is 2.28. The number of anilines is 1. The number of nitrogens with two attached hydrogens (primary N) is 1. The van der Waals surface area contributed by atoms with Gasteiger partial charge >= 0.3 is 0 Å². The van der Waals surface area contributed by atoms with Crippen molar-refractivity contribution in [2.45, 2.75) is 11.3 Å². The van der Waals surface area contributed by atoms with Crippen molar-refractivity contribution in [3.8, 4) is 0 Å². The quantitative estimate of drug-likeness (QED) is 0.658. The van der Waals surface area contributed by atoms with Crippen LogP contribution in [0.2, 0.25) is 5.02 Å². The second kappa shape index (κ2) is 7.03. The Morgan fingerprint density at radius 3 is 2.84 bits per heavy atom. The number of nitrogens with one attached hydrogen (secondary N) is 1. The Kier molecular flexibility index (Phi) is 5.36. The summed E-state index contributed by atoms with van der Waals surface area (Å²) in [5, 5.41) is 3.87. The summed E-state index contributed by atoms with van der Waals surface area (Å²) in [7, 11) is 0. The number of thioether (sulfide) groups is 1. The molecule has 1 amide bonds. The van der Waals surface area contributed by atoms with Gasteiger partial charge in [-0.15, -0.1) is 11.8 Å². The van der Waals surface area contributed by atoms with E-state index in [9.17, 15) is 4.79 Å². The zero-order valence-electron chi connectivity index (χ0n) is 10.7. The van der Waals surface area contributed by atoms with Crippen LogP contribution in [0.25, 0.3) is 0 Å². The van der Waals surface area contributed by atoms with Gasteiger partial charge in [0.2, 0.25) is 5.91 Å². The van der Waals surface area contributed by atoms with Crippen LogP contribution in [0.1, 0.15) is 6.42 Å². The first kappa shape index (κ1) is 14.5. The van der Waals surface area contributed by atoms with Crippen molar-refractivity contribution >= 4 is 35.0 Å². The summed E-state index contributed by atoms with van der Waals surface area (Å²) in [6, 6.07) is 5.46. The summed E-state index contributed by atoms with van der Waals surface area (Å²) < 4.78 is 0. The molecule has 0 atom stereocenters. The predicted molar refractivity (Wildman–Crippen MR) is 80.7 cm³/mol. The van der Waals surface area contributed by atoms with Gasteiger partial charge in [0.1, 0.15) is 0 Å². The minimum absolute atomic E-state index is 0.224. The van der Waals surface area contributed by atoms with E-state index in [0.717, 1.165) is 36.8 Å². The Bertz CT molecular complexity index is 450. The van der Waals surface area contributed by atoms with Gasteiger partial charge in [-0.25, -0.2) is 0 Å². The molecular formula is C13H18ClN3OS. The van der Waals surface area contributed by atoms with Crippen LogP contribution in [0, 0.1) is 0 Å². The molecule has 104 valence electrons. The van der Waals surface area contributed by atoms with Crippen LogP contribution in [0.15, 0.2) is 23.1 Å². The lowest BCUT2D eigenvalue weighted by Crippen LogP contribution is -2.46. The maximum atomic E-state index is 12.0. The van der Waals surface area contributed by atoms with Gasteiger partial charge in [-0.3, -0.25) is 4.79 Å². The molecule has 0 aliphatic carbocycles. The minimum Gasteiger partial charge on any atom is -0.398 e. The number of carbonyl (C=O) groups is 1. The van der Waals surface area contributed by atoms with E-state index in [-0.39, 0.29) is 5.91 Å². The van der Waals surface area contributed by atoms with Gasteiger partial charge in [0, 0.05) is 54.0 Å². The standard InChI is InChI=1S/C13H18ClN3OS/c14-10-1-2-12(11(15)9-10)19-8-3-13(18)17-6-4-16-5-7-17/h1-2,9,16H,3-8,15H2. The molecule has 1 saturated heterocycles. The molecule has 0 saturated carbocycles. The molecule has 4 nitrogen and oxygen atoms in total. The number of benzene rings is 1. The molecule has 0 aromatic heterocycles. The van der Waals surface area contributed by atoms with E-state index in [2.05, 4.69) is 5.32 Å². The Morgan fingerprint density at radius 1 is 1.42 bits per heavy atom. The molecule has 0 spiro atoms. The first-order valence-electron chi connectivity index (χ1n) is 6.33. The van der Waals surface area contributed by atoms with Crippen molar-refractivity contribution in [3.05, 3.63) is 23.2 Å². The second-order valence-corrected chi connectivity index (χ2v) is 5.98. The Morgan fingerprint density at radius 2 is 2.16 bits per heavy atom. The number of nitrogens with zero attached hydrogens (tertiary/aromatic N) is 1. The SMILES string of the molecule is Nc1cc(Cl)ccc1SCCC(=O)N1CCNCC1. The number of halogens is 1. The average Bonchev–Trinajstić information content (AvgIpc) is 2.42. The minimum atomic E-state index is 0.224. The van der Waals surface area contributed by atoms with Gasteiger partial charge in [0.05, 0.1) is 0 Å².